The molecule has 0 amide bonds. The van der Waals surface area contributed by atoms with Crippen LogP contribution in [0.25, 0.3) is 0 Å². The molecular formula is C9H10N6O4S2. The highest BCUT2D eigenvalue weighted by molar-refractivity contribution is 7.94. The van der Waals surface area contributed by atoms with E-state index in [1.165, 1.54) is 0 Å². The van der Waals surface area contributed by atoms with Crippen molar-refractivity contribution in [2.24, 2.45) is 0 Å². The Labute approximate surface area is 123 Å². The molecule has 0 aliphatic heterocycles. The van der Waals surface area contributed by atoms with Crippen LogP contribution < -0.4 is 10.5 Å². The summed E-state index contributed by atoms with van der Waals surface area (Å²) in [5, 5.41) is 17.8. The van der Waals surface area contributed by atoms with Crippen molar-refractivity contribution in [3.8, 4) is 0 Å². The molecule has 21 heavy (non-hydrogen) atoms. The lowest BCUT2D eigenvalue weighted by molar-refractivity contribution is -0.383. The number of nitrogen functional groups attached to an aromatic ring is 1. The number of anilines is 2. The summed E-state index contributed by atoms with van der Waals surface area (Å²) in [6.45, 7) is 3.33. The quantitative estimate of drug-likeness (QED) is 0.617. The van der Waals surface area contributed by atoms with Crippen LogP contribution in [0.3, 0.4) is 0 Å². The molecule has 0 aliphatic rings. The molecule has 2 rings (SSSR count). The molecule has 0 radical (unpaired) electrons. The van der Waals surface area contributed by atoms with Crippen molar-refractivity contribution < 1.29 is 13.3 Å². The largest absolute Gasteiger partial charge is 0.385 e. The van der Waals surface area contributed by atoms with Crippen LogP contribution in [-0.2, 0) is 10.0 Å². The fourth-order valence-electron chi connectivity index (χ4n) is 1.32. The average molecular weight is 330 g/mol. The lowest BCUT2D eigenvalue weighted by Crippen LogP contribution is -2.15. The number of aryl methyl sites for hydroxylation is 2. The van der Waals surface area contributed by atoms with Crippen molar-refractivity contribution in [3.05, 3.63) is 27.6 Å². The van der Waals surface area contributed by atoms with Crippen LogP contribution in [-0.4, -0.2) is 28.5 Å². The van der Waals surface area contributed by atoms with Gasteiger partial charge < -0.3 is 5.73 Å². The molecule has 3 N–H and O–H groups in total. The maximum Gasteiger partial charge on any atom is 0.304 e. The third-order valence-corrected chi connectivity index (χ3v) is 5.25. The number of rotatable bonds is 4. The summed E-state index contributed by atoms with van der Waals surface area (Å²) in [4.78, 5) is 13.9. The van der Waals surface area contributed by atoms with Gasteiger partial charge in [0.15, 0.2) is 5.00 Å². The summed E-state index contributed by atoms with van der Waals surface area (Å²) in [7, 11) is -4.06. The number of hydrogen-bond acceptors (Lipinski definition) is 9. The molecule has 0 fully saturated rings. The molecule has 0 bridgehead atoms. The van der Waals surface area contributed by atoms with E-state index < -0.39 is 20.6 Å². The summed E-state index contributed by atoms with van der Waals surface area (Å²) in [5.41, 5.74) is 6.04. The van der Waals surface area contributed by atoms with Gasteiger partial charge in [0.2, 0.25) is 0 Å². The molecule has 10 nitrogen and oxygen atoms in total. The minimum absolute atomic E-state index is 0.195. The molecule has 2 heterocycles. The van der Waals surface area contributed by atoms with Gasteiger partial charge in [0.05, 0.1) is 16.3 Å². The van der Waals surface area contributed by atoms with E-state index in [9.17, 15) is 18.5 Å². The summed E-state index contributed by atoms with van der Waals surface area (Å²) in [6, 6.07) is 0.886. The molecule has 0 saturated carbocycles. The van der Waals surface area contributed by atoms with E-state index in [4.69, 9.17) is 5.73 Å². The van der Waals surface area contributed by atoms with Gasteiger partial charge in [0, 0.05) is 6.07 Å². The van der Waals surface area contributed by atoms with Gasteiger partial charge in [-0.3, -0.25) is 10.1 Å². The first-order valence-electron chi connectivity index (χ1n) is 5.45. The van der Waals surface area contributed by atoms with Gasteiger partial charge in [-0.15, -0.1) is 5.10 Å². The van der Waals surface area contributed by atoms with E-state index in [2.05, 4.69) is 19.9 Å². The Morgan fingerprint density at radius 2 is 2.00 bits per heavy atom. The monoisotopic (exact) mass is 330 g/mol. The molecule has 112 valence electrons. The summed E-state index contributed by atoms with van der Waals surface area (Å²) in [6.07, 6.45) is 0. The van der Waals surface area contributed by atoms with Gasteiger partial charge in [-0.2, -0.15) is 5.10 Å². The van der Waals surface area contributed by atoms with Gasteiger partial charge >= 0.3 is 5.69 Å². The van der Waals surface area contributed by atoms with Gasteiger partial charge in [-0.05, 0) is 13.8 Å². The van der Waals surface area contributed by atoms with Crippen molar-refractivity contribution >= 4 is 38.0 Å². The van der Waals surface area contributed by atoms with Crippen molar-refractivity contribution in [2.45, 2.75) is 18.1 Å². The number of nitrogens with zero attached hydrogens (tertiary/aromatic N) is 4. The van der Waals surface area contributed by atoms with Crippen LogP contribution in [0.1, 0.15) is 11.4 Å². The fourth-order valence-corrected chi connectivity index (χ4v) is 3.47. The zero-order chi connectivity index (χ0) is 15.8. The first-order chi connectivity index (χ1) is 9.70. The molecular weight excluding hydrogens is 320 g/mol. The van der Waals surface area contributed by atoms with Crippen molar-refractivity contribution in [3.63, 3.8) is 0 Å². The Hall–Kier alpha value is -2.34. The molecule has 2 aromatic heterocycles. The fraction of sp³-hybridized carbons (Fsp3) is 0.222. The number of aromatic nitrogens is 3. The van der Waals surface area contributed by atoms with E-state index in [0.29, 0.717) is 22.7 Å². The highest BCUT2D eigenvalue weighted by atomic mass is 32.2. The molecule has 2 aromatic rings. The van der Waals surface area contributed by atoms with E-state index >= 15 is 0 Å². The molecule has 0 spiro atoms. The third-order valence-electron chi connectivity index (χ3n) is 2.50. The average Bonchev–Trinajstić information content (AvgIpc) is 2.77. The van der Waals surface area contributed by atoms with E-state index in [0.717, 1.165) is 6.07 Å². The lowest BCUT2D eigenvalue weighted by atomic mass is 10.4. The zero-order valence-electron chi connectivity index (χ0n) is 10.9. The molecule has 12 heteroatoms. The van der Waals surface area contributed by atoms with Crippen molar-refractivity contribution in [2.75, 3.05) is 10.5 Å². The van der Waals surface area contributed by atoms with Crippen LogP contribution in [0, 0.1) is 24.0 Å². The Balaban J connectivity index is 2.36. The SMILES string of the molecule is Cc1nnc(NS(=O)(=O)c2cc([N+](=O)[O-])c(N)s2)nc1C. The Morgan fingerprint density at radius 1 is 1.33 bits per heavy atom. The molecule has 0 atom stereocenters. The van der Waals surface area contributed by atoms with Crippen LogP contribution in [0.4, 0.5) is 16.6 Å². The molecule has 0 unspecified atom stereocenters. The zero-order valence-corrected chi connectivity index (χ0v) is 12.5. The summed E-state index contributed by atoms with van der Waals surface area (Å²) < 4.78 is 26.0. The van der Waals surface area contributed by atoms with Crippen LogP contribution in [0.5, 0.6) is 0 Å². The second kappa shape index (κ2) is 5.21. The predicted octanol–water partition coefficient (Wildman–Crippen LogP) is 0.841. The lowest BCUT2D eigenvalue weighted by Gasteiger charge is -2.04. The van der Waals surface area contributed by atoms with Crippen molar-refractivity contribution in [1.82, 2.24) is 15.2 Å². The van der Waals surface area contributed by atoms with Gasteiger partial charge in [-0.1, -0.05) is 11.3 Å². The number of nitrogens with two attached hydrogens (primary N) is 1. The second-order valence-electron chi connectivity index (χ2n) is 3.98. The Morgan fingerprint density at radius 3 is 2.52 bits per heavy atom. The highest BCUT2D eigenvalue weighted by Gasteiger charge is 2.25. The normalized spacial score (nSPS) is 11.3. The Kier molecular flexibility index (Phi) is 3.74. The molecule has 0 aromatic carbocycles. The number of nitro groups is 1. The van der Waals surface area contributed by atoms with E-state index in [-0.39, 0.29) is 15.2 Å². The highest BCUT2D eigenvalue weighted by Crippen LogP contribution is 2.34. The Bertz CT molecular complexity index is 816. The first-order valence-corrected chi connectivity index (χ1v) is 7.75. The molecule has 0 saturated heterocycles. The predicted molar refractivity (Wildman–Crippen MR) is 75.5 cm³/mol. The minimum Gasteiger partial charge on any atom is -0.385 e. The summed E-state index contributed by atoms with van der Waals surface area (Å²) >= 11 is 0.586. The smallest absolute Gasteiger partial charge is 0.304 e. The van der Waals surface area contributed by atoms with Crippen molar-refractivity contribution in [1.29, 1.82) is 0 Å². The standard InChI is InChI=1S/C9H10N6O4S2/c1-4-5(2)12-13-9(11-4)14-21(18,19)7-3-6(15(16)17)8(10)20-7/h3H,10H2,1-2H3,(H,11,13,14). The van der Waals surface area contributed by atoms with Crippen LogP contribution in [0.15, 0.2) is 10.3 Å². The third kappa shape index (κ3) is 3.05. The maximum atomic E-state index is 12.1. The van der Waals surface area contributed by atoms with Crippen LogP contribution in [0.2, 0.25) is 0 Å². The van der Waals surface area contributed by atoms with Gasteiger partial charge in [0.25, 0.3) is 16.0 Å². The minimum atomic E-state index is -4.06. The number of sulfonamides is 1. The number of hydrogen-bond donors (Lipinski definition) is 2. The van der Waals surface area contributed by atoms with Crippen LogP contribution >= 0.6 is 11.3 Å². The van der Waals surface area contributed by atoms with Gasteiger partial charge in [-0.25, -0.2) is 18.1 Å². The topological polar surface area (TPSA) is 154 Å². The molecule has 0 aliphatic carbocycles. The van der Waals surface area contributed by atoms with Gasteiger partial charge in [0.1, 0.15) is 4.21 Å². The maximum absolute atomic E-state index is 12.1. The second-order valence-corrected chi connectivity index (χ2v) is 6.98. The number of thiophene rings is 1. The van der Waals surface area contributed by atoms with E-state index in [1.807, 2.05) is 0 Å². The summed E-state index contributed by atoms with van der Waals surface area (Å²) in [5.74, 6) is -0.215. The number of nitrogens with one attached hydrogen (secondary N) is 1. The first kappa shape index (κ1) is 15.1. The van der Waals surface area contributed by atoms with E-state index in [1.54, 1.807) is 13.8 Å².